The van der Waals surface area contributed by atoms with Crippen LogP contribution in [0.15, 0.2) is 67.1 Å². The summed E-state index contributed by atoms with van der Waals surface area (Å²) < 4.78 is 41.5. The van der Waals surface area contributed by atoms with Crippen LogP contribution in [0.3, 0.4) is 0 Å². The number of carbonyl (C=O) groups excluding carboxylic acids is 1. The highest BCUT2D eigenvalue weighted by Gasteiger charge is 2.33. The fourth-order valence-electron chi connectivity index (χ4n) is 4.87. The van der Waals surface area contributed by atoms with E-state index in [-0.39, 0.29) is 5.56 Å². The number of anilines is 5. The van der Waals surface area contributed by atoms with Gasteiger partial charge < -0.3 is 26.2 Å². The van der Waals surface area contributed by atoms with E-state index in [1.807, 2.05) is 17.0 Å². The van der Waals surface area contributed by atoms with Gasteiger partial charge in [-0.25, -0.2) is 15.0 Å². The minimum absolute atomic E-state index is 0.0659. The molecule has 0 radical (unpaired) electrons. The summed E-state index contributed by atoms with van der Waals surface area (Å²) in [6.45, 7) is 7.40. The number of nitrogens with two attached hydrogens (primary N) is 1. The number of hydrogen-bond donors (Lipinski definition) is 3. The summed E-state index contributed by atoms with van der Waals surface area (Å²) in [6.07, 6.45) is -1.59. The Hall–Kier alpha value is -4.71. The highest BCUT2D eigenvalue weighted by Crippen LogP contribution is 2.35. The molecule has 4 N–H and O–H groups in total. The number of benzene rings is 2. The Balaban J connectivity index is 1.41. The molecule has 1 saturated heterocycles. The lowest BCUT2D eigenvalue weighted by molar-refractivity contribution is -0.137. The second-order valence-electron chi connectivity index (χ2n) is 9.97. The maximum Gasteiger partial charge on any atom is 0.416 e. The van der Waals surface area contributed by atoms with Crippen molar-refractivity contribution in [2.75, 3.05) is 54.0 Å². The predicted octanol–water partition coefficient (Wildman–Crippen LogP) is 5.59. The van der Waals surface area contributed by atoms with Gasteiger partial charge in [0.05, 0.1) is 11.3 Å². The lowest BCUT2D eigenvalue weighted by atomic mass is 10.1. The number of carbonyl (C=O) groups is 1. The second kappa shape index (κ2) is 12.0. The average molecular weight is 577 g/mol. The lowest BCUT2D eigenvalue weighted by Gasteiger charge is -2.36. The first-order valence-electron chi connectivity index (χ1n) is 13.5. The van der Waals surface area contributed by atoms with Crippen LogP contribution in [0.25, 0.3) is 11.3 Å². The summed E-state index contributed by atoms with van der Waals surface area (Å²) in [5, 5.41) is 6.08. The average Bonchev–Trinajstić information content (AvgIpc) is 2.99. The standard InChI is InChI=1S/C30H31F3N8O/c1-3-40-10-12-41(13-11-40)22-15-20(14-21(16-22)30(31,32)33)29(42)39-25-8-4-7-24(19(25)2)38-28-23(6-5-9-35-28)26-17-27(34)37-18-36-26/h4-9,14-18H,3,10-13H2,1-2H3,(H,35,38)(H,39,42)(H2,34,36,37). The maximum absolute atomic E-state index is 13.8. The van der Waals surface area contributed by atoms with Gasteiger partial charge >= 0.3 is 6.18 Å². The van der Waals surface area contributed by atoms with E-state index < -0.39 is 17.6 Å². The van der Waals surface area contributed by atoms with Gasteiger partial charge in [0.1, 0.15) is 18.0 Å². The third-order valence-corrected chi connectivity index (χ3v) is 7.30. The van der Waals surface area contributed by atoms with Gasteiger partial charge in [0.25, 0.3) is 5.91 Å². The van der Waals surface area contributed by atoms with E-state index in [0.29, 0.717) is 58.6 Å². The molecule has 5 rings (SSSR count). The van der Waals surface area contributed by atoms with Gasteiger partial charge in [-0.05, 0) is 61.5 Å². The van der Waals surface area contributed by atoms with Crippen molar-refractivity contribution in [1.82, 2.24) is 19.9 Å². The summed E-state index contributed by atoms with van der Waals surface area (Å²) in [5.74, 6) is 0.189. The van der Waals surface area contributed by atoms with Crippen LogP contribution in [-0.2, 0) is 6.18 Å². The summed E-state index contributed by atoms with van der Waals surface area (Å²) in [7, 11) is 0. The molecule has 12 heteroatoms. The van der Waals surface area contributed by atoms with Crippen LogP contribution < -0.4 is 21.3 Å². The first kappa shape index (κ1) is 28.8. The van der Waals surface area contributed by atoms with E-state index >= 15 is 0 Å². The summed E-state index contributed by atoms with van der Waals surface area (Å²) in [6, 6.07) is 14.0. The summed E-state index contributed by atoms with van der Waals surface area (Å²) in [5.41, 5.74) is 8.33. The highest BCUT2D eigenvalue weighted by molar-refractivity contribution is 6.05. The smallest absolute Gasteiger partial charge is 0.384 e. The van der Waals surface area contributed by atoms with Crippen molar-refractivity contribution in [1.29, 1.82) is 0 Å². The quantitative estimate of drug-likeness (QED) is 0.261. The molecule has 1 aliphatic heterocycles. The van der Waals surface area contributed by atoms with Gasteiger partial charge in [-0.15, -0.1) is 0 Å². The molecule has 1 amide bonds. The largest absolute Gasteiger partial charge is 0.416 e. The van der Waals surface area contributed by atoms with E-state index in [4.69, 9.17) is 5.73 Å². The monoisotopic (exact) mass is 576 g/mol. The zero-order valence-electron chi connectivity index (χ0n) is 23.2. The fourth-order valence-corrected chi connectivity index (χ4v) is 4.87. The minimum Gasteiger partial charge on any atom is -0.384 e. The Morgan fingerprint density at radius 2 is 1.74 bits per heavy atom. The molecule has 2 aromatic carbocycles. The van der Waals surface area contributed by atoms with Gasteiger partial charge in [-0.1, -0.05) is 13.0 Å². The van der Waals surface area contributed by atoms with Crippen molar-refractivity contribution >= 4 is 34.6 Å². The number of amides is 1. The number of rotatable bonds is 7. The molecular weight excluding hydrogens is 545 g/mol. The van der Waals surface area contributed by atoms with Crippen LogP contribution in [0.4, 0.5) is 41.9 Å². The maximum atomic E-state index is 13.8. The molecule has 218 valence electrons. The van der Waals surface area contributed by atoms with Crippen molar-refractivity contribution in [3.8, 4) is 11.3 Å². The second-order valence-corrected chi connectivity index (χ2v) is 9.97. The van der Waals surface area contributed by atoms with Crippen molar-refractivity contribution in [2.45, 2.75) is 20.0 Å². The molecule has 9 nitrogen and oxygen atoms in total. The Bertz CT molecular complexity index is 1590. The minimum atomic E-state index is -4.59. The fraction of sp³-hybridized carbons (Fsp3) is 0.267. The Kier molecular flexibility index (Phi) is 8.25. The number of hydrogen-bond acceptors (Lipinski definition) is 8. The Morgan fingerprint density at radius 3 is 2.45 bits per heavy atom. The third kappa shape index (κ3) is 6.44. The number of nitrogens with zero attached hydrogens (tertiary/aromatic N) is 5. The van der Waals surface area contributed by atoms with Gasteiger partial charge in [0, 0.05) is 66.6 Å². The number of piperazine rings is 1. The van der Waals surface area contributed by atoms with Crippen molar-refractivity contribution in [3.63, 3.8) is 0 Å². The van der Waals surface area contributed by atoms with Gasteiger partial charge in [-0.3, -0.25) is 4.79 Å². The van der Waals surface area contributed by atoms with Crippen molar-refractivity contribution < 1.29 is 18.0 Å². The molecule has 42 heavy (non-hydrogen) atoms. The molecule has 1 fully saturated rings. The van der Waals surface area contributed by atoms with E-state index in [1.54, 1.807) is 37.4 Å². The Labute approximate surface area is 241 Å². The van der Waals surface area contributed by atoms with Gasteiger partial charge in [0.15, 0.2) is 0 Å². The van der Waals surface area contributed by atoms with Gasteiger partial charge in [-0.2, -0.15) is 13.2 Å². The van der Waals surface area contributed by atoms with Crippen LogP contribution in [0, 0.1) is 6.92 Å². The molecule has 1 aliphatic rings. The summed E-state index contributed by atoms with van der Waals surface area (Å²) >= 11 is 0. The predicted molar refractivity (Wildman–Crippen MR) is 158 cm³/mol. The number of nitrogen functional groups attached to an aromatic ring is 1. The first-order chi connectivity index (χ1) is 20.1. The molecule has 4 aromatic rings. The van der Waals surface area contributed by atoms with Crippen LogP contribution in [0.5, 0.6) is 0 Å². The molecule has 0 saturated carbocycles. The van der Waals surface area contributed by atoms with E-state index in [0.717, 1.165) is 31.8 Å². The lowest BCUT2D eigenvalue weighted by Crippen LogP contribution is -2.46. The van der Waals surface area contributed by atoms with Crippen LogP contribution in [-0.4, -0.2) is 58.5 Å². The molecule has 3 heterocycles. The van der Waals surface area contributed by atoms with Crippen molar-refractivity contribution in [3.05, 3.63) is 83.8 Å². The van der Waals surface area contributed by atoms with Crippen LogP contribution >= 0.6 is 0 Å². The first-order valence-corrected chi connectivity index (χ1v) is 13.5. The zero-order chi connectivity index (χ0) is 29.9. The highest BCUT2D eigenvalue weighted by atomic mass is 19.4. The van der Waals surface area contributed by atoms with E-state index in [2.05, 4.69) is 37.4 Å². The number of nitrogens with one attached hydrogen (secondary N) is 2. The zero-order valence-corrected chi connectivity index (χ0v) is 23.2. The molecule has 0 atom stereocenters. The normalized spacial score (nSPS) is 14.1. The Morgan fingerprint density at radius 1 is 0.976 bits per heavy atom. The number of likely N-dealkylation sites (N-methyl/N-ethyl adjacent to an activating group) is 1. The molecular formula is C30H31F3N8O. The number of pyridine rings is 1. The van der Waals surface area contributed by atoms with Crippen molar-refractivity contribution in [2.24, 2.45) is 0 Å². The van der Waals surface area contributed by atoms with Crippen LogP contribution in [0.2, 0.25) is 0 Å². The molecule has 0 aliphatic carbocycles. The number of aromatic nitrogens is 3. The van der Waals surface area contributed by atoms with Gasteiger partial charge in [0.2, 0.25) is 0 Å². The third-order valence-electron chi connectivity index (χ3n) is 7.30. The SMILES string of the molecule is CCN1CCN(c2cc(C(=O)Nc3cccc(Nc4ncccc4-c4cc(N)ncn4)c3C)cc(C(F)(F)F)c2)CC1. The van der Waals surface area contributed by atoms with E-state index in [9.17, 15) is 18.0 Å². The molecule has 0 bridgehead atoms. The topological polar surface area (TPSA) is 112 Å². The summed E-state index contributed by atoms with van der Waals surface area (Å²) in [4.78, 5) is 30.1. The molecule has 0 spiro atoms. The van der Waals surface area contributed by atoms with E-state index in [1.165, 1.54) is 12.4 Å². The molecule has 0 unspecified atom stereocenters. The number of halogens is 3. The molecule has 2 aromatic heterocycles. The number of alkyl halides is 3. The van der Waals surface area contributed by atoms with Crippen LogP contribution in [0.1, 0.15) is 28.4 Å².